The van der Waals surface area contributed by atoms with Crippen LogP contribution in [0.25, 0.3) is 11.0 Å². The Morgan fingerprint density at radius 2 is 1.96 bits per heavy atom. The van der Waals surface area contributed by atoms with Crippen LogP contribution in [0, 0.1) is 0 Å². The maximum absolute atomic E-state index is 12.8. The van der Waals surface area contributed by atoms with E-state index < -0.39 is 0 Å². The summed E-state index contributed by atoms with van der Waals surface area (Å²) >= 11 is 12.1. The van der Waals surface area contributed by atoms with E-state index in [0.29, 0.717) is 21.6 Å². The van der Waals surface area contributed by atoms with Gasteiger partial charge in [0, 0.05) is 5.02 Å². The van der Waals surface area contributed by atoms with Gasteiger partial charge in [0.1, 0.15) is 37.2 Å². The average molecular weight is 421 g/mol. The number of para-hydroxylation sites is 2. The van der Waals surface area contributed by atoms with Gasteiger partial charge in [0.2, 0.25) is 0 Å². The molecular formula is C20H22Cl2N4O2+2. The van der Waals surface area contributed by atoms with E-state index in [1.54, 1.807) is 18.2 Å². The van der Waals surface area contributed by atoms with Crippen molar-refractivity contribution in [3.8, 4) is 0 Å². The number of fused-ring (bicyclic) bond motifs is 1. The van der Waals surface area contributed by atoms with Gasteiger partial charge in [0.15, 0.2) is 0 Å². The van der Waals surface area contributed by atoms with Gasteiger partial charge in [-0.1, -0.05) is 35.3 Å². The lowest BCUT2D eigenvalue weighted by Gasteiger charge is -2.23. The van der Waals surface area contributed by atoms with Gasteiger partial charge in [0.25, 0.3) is 0 Å². The number of H-pyrrole nitrogens is 1. The third kappa shape index (κ3) is 4.15. The SMILES string of the molecule is O=C(Nc1[nH]c2ccccc2[n+]1CC[NH+]1CCOCC1)c1ccc(Cl)cc1Cl. The first kappa shape index (κ1) is 19.2. The number of aromatic amines is 1. The van der Waals surface area contributed by atoms with Crippen molar-refractivity contribution in [2.75, 3.05) is 38.2 Å². The highest BCUT2D eigenvalue weighted by molar-refractivity contribution is 6.37. The Kier molecular flexibility index (Phi) is 5.82. The summed E-state index contributed by atoms with van der Waals surface area (Å²) in [7, 11) is 0. The maximum atomic E-state index is 12.8. The largest absolute Gasteiger partial charge is 0.370 e. The summed E-state index contributed by atoms with van der Waals surface area (Å²) in [4.78, 5) is 17.6. The topological polar surface area (TPSA) is 62.4 Å². The summed E-state index contributed by atoms with van der Waals surface area (Å²) < 4.78 is 7.55. The molecule has 0 atom stereocenters. The molecule has 1 aliphatic heterocycles. The molecule has 6 nitrogen and oxygen atoms in total. The van der Waals surface area contributed by atoms with Gasteiger partial charge in [0.05, 0.1) is 23.8 Å². The molecule has 1 aliphatic rings. The number of quaternary nitrogens is 1. The molecule has 28 heavy (non-hydrogen) atoms. The minimum Gasteiger partial charge on any atom is -0.370 e. The highest BCUT2D eigenvalue weighted by Crippen LogP contribution is 2.22. The van der Waals surface area contributed by atoms with E-state index in [0.717, 1.165) is 50.4 Å². The van der Waals surface area contributed by atoms with Crippen LogP contribution in [0.15, 0.2) is 42.5 Å². The number of anilines is 1. The third-order valence-electron chi connectivity index (χ3n) is 5.01. The van der Waals surface area contributed by atoms with Crippen LogP contribution < -0.4 is 14.8 Å². The predicted octanol–water partition coefficient (Wildman–Crippen LogP) is 1.93. The molecule has 1 aromatic heterocycles. The number of aromatic nitrogens is 2. The van der Waals surface area contributed by atoms with E-state index in [1.165, 1.54) is 4.90 Å². The van der Waals surface area contributed by atoms with Gasteiger partial charge in [-0.05, 0) is 30.3 Å². The van der Waals surface area contributed by atoms with Gasteiger partial charge in [-0.3, -0.25) is 4.79 Å². The fourth-order valence-corrected chi connectivity index (χ4v) is 3.98. The zero-order valence-corrected chi connectivity index (χ0v) is 16.8. The summed E-state index contributed by atoms with van der Waals surface area (Å²) in [6, 6.07) is 12.9. The van der Waals surface area contributed by atoms with Crippen molar-refractivity contribution in [1.82, 2.24) is 4.98 Å². The number of hydrogen-bond donors (Lipinski definition) is 3. The van der Waals surface area contributed by atoms with Crippen molar-refractivity contribution >= 4 is 46.1 Å². The van der Waals surface area contributed by atoms with Crippen LogP contribution in [0.2, 0.25) is 10.0 Å². The van der Waals surface area contributed by atoms with E-state index in [1.807, 2.05) is 24.3 Å². The second kappa shape index (κ2) is 8.49. The number of ether oxygens (including phenoxy) is 1. The number of hydrogen-bond acceptors (Lipinski definition) is 2. The zero-order valence-electron chi connectivity index (χ0n) is 15.3. The molecule has 1 saturated heterocycles. The lowest BCUT2D eigenvalue weighted by atomic mass is 10.2. The summed E-state index contributed by atoms with van der Waals surface area (Å²) in [5, 5.41) is 3.79. The molecule has 0 unspecified atom stereocenters. The summed E-state index contributed by atoms with van der Waals surface area (Å²) in [6.45, 7) is 5.35. The summed E-state index contributed by atoms with van der Waals surface area (Å²) in [6.07, 6.45) is 0. The van der Waals surface area contributed by atoms with E-state index in [2.05, 4.69) is 14.9 Å². The Morgan fingerprint density at radius 3 is 2.75 bits per heavy atom. The minimum absolute atomic E-state index is 0.277. The Bertz CT molecular complexity index is 999. The van der Waals surface area contributed by atoms with Crippen LogP contribution in [-0.4, -0.2) is 43.7 Å². The van der Waals surface area contributed by atoms with Crippen LogP contribution in [0.5, 0.6) is 0 Å². The normalized spacial score (nSPS) is 15.1. The van der Waals surface area contributed by atoms with Crippen LogP contribution >= 0.6 is 23.2 Å². The second-order valence-electron chi connectivity index (χ2n) is 6.83. The molecule has 2 aromatic carbocycles. The number of halogens is 2. The Balaban J connectivity index is 1.59. The molecule has 0 saturated carbocycles. The minimum atomic E-state index is -0.277. The monoisotopic (exact) mass is 420 g/mol. The zero-order chi connectivity index (χ0) is 19.5. The molecule has 146 valence electrons. The average Bonchev–Trinajstić information content (AvgIpc) is 3.04. The molecule has 8 heteroatoms. The first-order valence-corrected chi connectivity index (χ1v) is 10.1. The van der Waals surface area contributed by atoms with Crippen molar-refractivity contribution in [3.63, 3.8) is 0 Å². The van der Waals surface area contributed by atoms with Gasteiger partial charge in [-0.15, -0.1) is 0 Å². The quantitative estimate of drug-likeness (QED) is 0.552. The molecule has 1 fully saturated rings. The van der Waals surface area contributed by atoms with E-state index in [-0.39, 0.29) is 5.91 Å². The number of morpholine rings is 1. The molecule has 2 heterocycles. The third-order valence-corrected chi connectivity index (χ3v) is 5.56. The lowest BCUT2D eigenvalue weighted by molar-refractivity contribution is -0.923. The van der Waals surface area contributed by atoms with Crippen molar-refractivity contribution in [2.45, 2.75) is 6.54 Å². The van der Waals surface area contributed by atoms with E-state index in [9.17, 15) is 4.79 Å². The number of nitrogens with one attached hydrogen (secondary N) is 3. The van der Waals surface area contributed by atoms with Crippen LogP contribution in [0.3, 0.4) is 0 Å². The van der Waals surface area contributed by atoms with E-state index in [4.69, 9.17) is 27.9 Å². The summed E-state index contributed by atoms with van der Waals surface area (Å²) in [5.74, 6) is 0.366. The number of rotatable bonds is 5. The fourth-order valence-electron chi connectivity index (χ4n) is 3.49. The fraction of sp³-hybridized carbons (Fsp3) is 0.300. The smallest absolute Gasteiger partial charge is 0.363 e. The number of nitrogens with zero attached hydrogens (tertiary/aromatic N) is 1. The molecule has 0 spiro atoms. The number of carbonyl (C=O) groups is 1. The van der Waals surface area contributed by atoms with Crippen LogP contribution in [0.1, 0.15) is 10.4 Å². The standard InChI is InChI=1S/C20H20Cl2N4O2/c21-14-5-6-15(16(22)13-14)19(27)24-20-23-17-3-1-2-4-18(17)26(20)8-7-25-9-11-28-12-10-25/h1-6,13H,7-12H2,(H,23,24,27)/p+2. The Hall–Kier alpha value is -2.12. The molecule has 3 N–H and O–H groups in total. The Labute approximate surface area is 173 Å². The highest BCUT2D eigenvalue weighted by atomic mass is 35.5. The molecule has 1 amide bonds. The van der Waals surface area contributed by atoms with E-state index >= 15 is 0 Å². The molecule has 0 aliphatic carbocycles. The van der Waals surface area contributed by atoms with Crippen molar-refractivity contribution in [1.29, 1.82) is 0 Å². The van der Waals surface area contributed by atoms with Crippen molar-refractivity contribution < 1.29 is 19.0 Å². The van der Waals surface area contributed by atoms with Gasteiger partial charge in [-0.2, -0.15) is 0 Å². The van der Waals surface area contributed by atoms with Crippen LogP contribution in [0.4, 0.5) is 5.95 Å². The summed E-state index contributed by atoms with van der Waals surface area (Å²) in [5.41, 5.74) is 2.40. The van der Waals surface area contributed by atoms with Crippen molar-refractivity contribution in [2.24, 2.45) is 0 Å². The number of carbonyl (C=O) groups excluding carboxylic acids is 1. The second-order valence-corrected chi connectivity index (χ2v) is 7.68. The molecule has 0 bridgehead atoms. The Morgan fingerprint density at radius 1 is 1.18 bits per heavy atom. The highest BCUT2D eigenvalue weighted by Gasteiger charge is 2.24. The molecule has 0 radical (unpaired) electrons. The predicted molar refractivity (Wildman–Crippen MR) is 109 cm³/mol. The number of amides is 1. The molecule has 4 rings (SSSR count). The molecular weight excluding hydrogens is 399 g/mol. The number of imidazole rings is 1. The first-order valence-electron chi connectivity index (χ1n) is 9.30. The first-order chi connectivity index (χ1) is 13.6. The maximum Gasteiger partial charge on any atom is 0.363 e. The van der Waals surface area contributed by atoms with Gasteiger partial charge < -0.3 is 9.64 Å². The van der Waals surface area contributed by atoms with Gasteiger partial charge >= 0.3 is 11.9 Å². The molecule has 3 aromatic rings. The lowest BCUT2D eigenvalue weighted by Crippen LogP contribution is -3.14. The van der Waals surface area contributed by atoms with Crippen LogP contribution in [-0.2, 0) is 11.3 Å². The van der Waals surface area contributed by atoms with Gasteiger partial charge in [-0.25, -0.2) is 14.9 Å². The van der Waals surface area contributed by atoms with Crippen molar-refractivity contribution in [3.05, 3.63) is 58.1 Å². The number of benzene rings is 2.